The van der Waals surface area contributed by atoms with Crippen molar-refractivity contribution >= 4 is 5.69 Å². The van der Waals surface area contributed by atoms with Gasteiger partial charge in [0.2, 0.25) is 0 Å². The Morgan fingerprint density at radius 2 is 2.58 bits per heavy atom. The first-order valence-electron chi connectivity index (χ1n) is 3.91. The van der Waals surface area contributed by atoms with Crippen LogP contribution < -0.4 is 5.32 Å². The SMILES string of the molecule is CCC(C#N)Nc1cnn(C)c1. The molecule has 1 aromatic heterocycles. The van der Waals surface area contributed by atoms with Gasteiger partial charge in [-0.05, 0) is 6.42 Å². The molecule has 1 aromatic rings. The zero-order chi connectivity index (χ0) is 8.97. The van der Waals surface area contributed by atoms with Gasteiger partial charge in [0.05, 0.1) is 18.0 Å². The normalized spacial score (nSPS) is 12.1. The topological polar surface area (TPSA) is 53.6 Å². The Morgan fingerprint density at radius 3 is 3.00 bits per heavy atom. The fourth-order valence-corrected chi connectivity index (χ4v) is 0.923. The van der Waals surface area contributed by atoms with Crippen molar-refractivity contribution in [3.63, 3.8) is 0 Å². The van der Waals surface area contributed by atoms with Crippen LogP contribution >= 0.6 is 0 Å². The van der Waals surface area contributed by atoms with Gasteiger partial charge in [0.1, 0.15) is 6.04 Å². The molecule has 0 bridgehead atoms. The highest BCUT2D eigenvalue weighted by molar-refractivity contribution is 5.40. The van der Waals surface area contributed by atoms with E-state index in [9.17, 15) is 0 Å². The molecule has 1 atom stereocenters. The first-order valence-corrected chi connectivity index (χ1v) is 3.91. The molecule has 0 radical (unpaired) electrons. The van der Waals surface area contributed by atoms with Crippen LogP contribution in [0.5, 0.6) is 0 Å². The summed E-state index contributed by atoms with van der Waals surface area (Å²) in [4.78, 5) is 0. The van der Waals surface area contributed by atoms with E-state index in [1.54, 1.807) is 10.9 Å². The predicted octanol–water partition coefficient (Wildman–Crippen LogP) is 1.13. The van der Waals surface area contributed by atoms with Gasteiger partial charge in [0, 0.05) is 13.2 Å². The van der Waals surface area contributed by atoms with Gasteiger partial charge in [-0.3, -0.25) is 4.68 Å². The minimum atomic E-state index is -0.116. The number of aryl methyl sites for hydroxylation is 1. The molecule has 0 saturated heterocycles. The van der Waals surface area contributed by atoms with Crippen LogP contribution in [0.15, 0.2) is 12.4 Å². The maximum absolute atomic E-state index is 8.65. The lowest BCUT2D eigenvalue weighted by molar-refractivity contribution is 0.767. The minimum absolute atomic E-state index is 0.116. The van der Waals surface area contributed by atoms with E-state index in [-0.39, 0.29) is 6.04 Å². The summed E-state index contributed by atoms with van der Waals surface area (Å²) in [7, 11) is 1.85. The largest absolute Gasteiger partial charge is 0.367 e. The fraction of sp³-hybridized carbons (Fsp3) is 0.500. The number of anilines is 1. The van der Waals surface area contributed by atoms with Gasteiger partial charge in [0.15, 0.2) is 0 Å². The van der Waals surface area contributed by atoms with E-state index in [4.69, 9.17) is 5.26 Å². The summed E-state index contributed by atoms with van der Waals surface area (Å²) >= 11 is 0. The van der Waals surface area contributed by atoms with Crippen molar-refractivity contribution in [2.45, 2.75) is 19.4 Å². The van der Waals surface area contributed by atoms with Crippen LogP contribution in [0.3, 0.4) is 0 Å². The van der Waals surface area contributed by atoms with Crippen molar-refractivity contribution in [1.82, 2.24) is 9.78 Å². The number of nitrogens with zero attached hydrogens (tertiary/aromatic N) is 3. The molecule has 0 aromatic carbocycles. The molecule has 4 heteroatoms. The van der Waals surface area contributed by atoms with Crippen molar-refractivity contribution in [1.29, 1.82) is 5.26 Å². The lowest BCUT2D eigenvalue weighted by Crippen LogP contribution is -2.14. The second-order valence-corrected chi connectivity index (χ2v) is 2.64. The quantitative estimate of drug-likeness (QED) is 0.728. The van der Waals surface area contributed by atoms with Crippen molar-refractivity contribution in [3.8, 4) is 6.07 Å². The predicted molar refractivity (Wildman–Crippen MR) is 46.5 cm³/mol. The third kappa shape index (κ3) is 1.99. The molecule has 0 aliphatic heterocycles. The highest BCUT2D eigenvalue weighted by Crippen LogP contribution is 2.06. The lowest BCUT2D eigenvalue weighted by atomic mass is 10.2. The molecular formula is C8H12N4. The molecule has 0 aliphatic carbocycles. The zero-order valence-electron chi connectivity index (χ0n) is 7.28. The monoisotopic (exact) mass is 164 g/mol. The Kier molecular flexibility index (Phi) is 2.70. The average Bonchev–Trinajstić information content (AvgIpc) is 2.47. The van der Waals surface area contributed by atoms with E-state index in [1.165, 1.54) is 0 Å². The standard InChI is InChI=1S/C8H12N4/c1-3-7(4-9)11-8-5-10-12(2)6-8/h5-7,11H,3H2,1-2H3. The van der Waals surface area contributed by atoms with Crippen LogP contribution in [0.1, 0.15) is 13.3 Å². The molecule has 0 aliphatic rings. The van der Waals surface area contributed by atoms with Gasteiger partial charge < -0.3 is 5.32 Å². The van der Waals surface area contributed by atoms with Crippen molar-refractivity contribution < 1.29 is 0 Å². The van der Waals surface area contributed by atoms with E-state index in [0.29, 0.717) is 0 Å². The molecule has 4 nitrogen and oxygen atoms in total. The van der Waals surface area contributed by atoms with Gasteiger partial charge in [-0.25, -0.2) is 0 Å². The first-order chi connectivity index (χ1) is 5.76. The summed E-state index contributed by atoms with van der Waals surface area (Å²) in [5, 5.41) is 15.7. The van der Waals surface area contributed by atoms with Crippen molar-refractivity contribution in [2.75, 3.05) is 5.32 Å². The second kappa shape index (κ2) is 3.77. The molecule has 0 amide bonds. The van der Waals surface area contributed by atoms with Crippen molar-refractivity contribution in [3.05, 3.63) is 12.4 Å². The van der Waals surface area contributed by atoms with Crippen LogP contribution in [-0.2, 0) is 7.05 Å². The van der Waals surface area contributed by atoms with E-state index >= 15 is 0 Å². The van der Waals surface area contributed by atoms with Crippen LogP contribution in [0.25, 0.3) is 0 Å². The number of hydrogen-bond donors (Lipinski definition) is 1. The van der Waals surface area contributed by atoms with Gasteiger partial charge in [-0.1, -0.05) is 6.92 Å². The zero-order valence-corrected chi connectivity index (χ0v) is 7.28. The minimum Gasteiger partial charge on any atom is -0.367 e. The van der Waals surface area contributed by atoms with E-state index in [2.05, 4.69) is 16.5 Å². The molecule has 1 heterocycles. The number of nitriles is 1. The molecule has 1 N–H and O–H groups in total. The van der Waals surface area contributed by atoms with Crippen molar-refractivity contribution in [2.24, 2.45) is 7.05 Å². The smallest absolute Gasteiger partial charge is 0.114 e. The highest BCUT2D eigenvalue weighted by Gasteiger charge is 2.03. The van der Waals surface area contributed by atoms with Crippen LogP contribution in [0, 0.1) is 11.3 Å². The number of aromatic nitrogens is 2. The highest BCUT2D eigenvalue weighted by atomic mass is 15.3. The van der Waals surface area contributed by atoms with E-state index < -0.39 is 0 Å². The first kappa shape index (κ1) is 8.60. The van der Waals surface area contributed by atoms with Crippen LogP contribution in [0.4, 0.5) is 5.69 Å². The summed E-state index contributed by atoms with van der Waals surface area (Å²) in [6.45, 7) is 1.97. The Labute approximate surface area is 71.8 Å². The van der Waals surface area contributed by atoms with E-state index in [0.717, 1.165) is 12.1 Å². The summed E-state index contributed by atoms with van der Waals surface area (Å²) < 4.78 is 1.70. The second-order valence-electron chi connectivity index (χ2n) is 2.64. The Balaban J connectivity index is 2.58. The summed E-state index contributed by atoms with van der Waals surface area (Å²) in [6.07, 6.45) is 4.35. The molecule has 64 valence electrons. The van der Waals surface area contributed by atoms with Gasteiger partial charge >= 0.3 is 0 Å². The summed E-state index contributed by atoms with van der Waals surface area (Å²) in [6, 6.07) is 2.04. The molecular weight excluding hydrogens is 152 g/mol. The number of hydrogen-bond acceptors (Lipinski definition) is 3. The van der Waals surface area contributed by atoms with Gasteiger partial charge in [0.25, 0.3) is 0 Å². The Hall–Kier alpha value is -1.50. The van der Waals surface area contributed by atoms with E-state index in [1.807, 2.05) is 20.2 Å². The average molecular weight is 164 g/mol. The maximum Gasteiger partial charge on any atom is 0.114 e. The third-order valence-electron chi connectivity index (χ3n) is 1.61. The molecule has 0 fully saturated rings. The van der Waals surface area contributed by atoms with Gasteiger partial charge in [-0.15, -0.1) is 0 Å². The number of nitrogens with one attached hydrogen (secondary N) is 1. The van der Waals surface area contributed by atoms with Crippen LogP contribution in [-0.4, -0.2) is 15.8 Å². The summed E-state index contributed by atoms with van der Waals surface area (Å²) in [5.41, 5.74) is 0.894. The molecule has 1 rings (SSSR count). The van der Waals surface area contributed by atoms with Gasteiger partial charge in [-0.2, -0.15) is 10.4 Å². The molecule has 12 heavy (non-hydrogen) atoms. The fourth-order valence-electron chi connectivity index (χ4n) is 0.923. The molecule has 0 saturated carbocycles. The molecule has 0 spiro atoms. The third-order valence-corrected chi connectivity index (χ3v) is 1.61. The Bertz CT molecular complexity index is 283. The maximum atomic E-state index is 8.65. The molecule has 1 unspecified atom stereocenters. The summed E-state index contributed by atoms with van der Waals surface area (Å²) in [5.74, 6) is 0. The lowest BCUT2D eigenvalue weighted by Gasteiger charge is -2.06. The Morgan fingerprint density at radius 1 is 1.83 bits per heavy atom. The van der Waals surface area contributed by atoms with Crippen LogP contribution in [0.2, 0.25) is 0 Å². The number of rotatable bonds is 3.